The van der Waals surface area contributed by atoms with Gasteiger partial charge in [-0.1, -0.05) is 63.3 Å². The first-order valence-corrected chi connectivity index (χ1v) is 11.7. The van der Waals surface area contributed by atoms with Gasteiger partial charge in [-0.05, 0) is 62.3 Å². The Kier molecular flexibility index (Phi) is 7.57. The van der Waals surface area contributed by atoms with Crippen molar-refractivity contribution in [3.8, 4) is 0 Å². The first kappa shape index (κ1) is 23.2. The zero-order valence-corrected chi connectivity index (χ0v) is 19.5. The summed E-state index contributed by atoms with van der Waals surface area (Å²) in [6.45, 7) is 12.0. The van der Waals surface area contributed by atoms with Crippen LogP contribution in [-0.2, 0) is 20.9 Å². The molecule has 5 atom stereocenters. The van der Waals surface area contributed by atoms with Crippen molar-refractivity contribution in [1.82, 2.24) is 0 Å². The normalized spacial score (nSPS) is 29.2. The smallest absolute Gasteiger partial charge is 0.147 e. The Hall–Kier alpha value is -1.45. The van der Waals surface area contributed by atoms with E-state index in [0.717, 1.165) is 24.8 Å². The molecule has 0 spiro atoms. The Morgan fingerprint density at radius 1 is 1.17 bits per heavy atom. The number of ether oxygens (including phenoxy) is 2. The second-order valence-electron chi connectivity index (χ2n) is 10.3. The van der Waals surface area contributed by atoms with Crippen LogP contribution in [0.3, 0.4) is 0 Å². The summed E-state index contributed by atoms with van der Waals surface area (Å²) in [5, 5.41) is 0. The molecule has 0 unspecified atom stereocenters. The SMILES string of the molecule is C[C@H](C=C[C@H](C)C(C)(C)OCOCc1ccccc1)[C@H]1CC[C@H]2C(=O)CCC[C@]12C. The third-order valence-electron chi connectivity index (χ3n) is 8.00. The third-order valence-corrected chi connectivity index (χ3v) is 8.00. The van der Waals surface area contributed by atoms with Crippen LogP contribution in [-0.4, -0.2) is 18.2 Å². The second kappa shape index (κ2) is 9.78. The van der Waals surface area contributed by atoms with Crippen molar-refractivity contribution >= 4 is 5.78 Å². The van der Waals surface area contributed by atoms with Crippen molar-refractivity contribution in [1.29, 1.82) is 0 Å². The van der Waals surface area contributed by atoms with Crippen molar-refractivity contribution in [2.24, 2.45) is 29.1 Å². The van der Waals surface area contributed by atoms with Gasteiger partial charge in [-0.15, -0.1) is 0 Å². The van der Waals surface area contributed by atoms with Crippen LogP contribution in [0.2, 0.25) is 0 Å². The van der Waals surface area contributed by atoms with Gasteiger partial charge in [-0.3, -0.25) is 4.79 Å². The molecule has 3 heteroatoms. The molecule has 0 N–H and O–H groups in total. The third kappa shape index (κ3) is 5.23. The van der Waals surface area contributed by atoms with E-state index in [-0.39, 0.29) is 16.9 Å². The highest BCUT2D eigenvalue weighted by molar-refractivity contribution is 5.83. The number of allylic oxidation sites excluding steroid dienone is 1. The molecule has 0 heterocycles. The summed E-state index contributed by atoms with van der Waals surface area (Å²) in [4.78, 5) is 12.4. The summed E-state index contributed by atoms with van der Waals surface area (Å²) in [5.74, 6) is 2.18. The van der Waals surface area contributed by atoms with Gasteiger partial charge in [0.2, 0.25) is 0 Å². The molecule has 2 aliphatic carbocycles. The van der Waals surface area contributed by atoms with Gasteiger partial charge < -0.3 is 9.47 Å². The van der Waals surface area contributed by atoms with E-state index in [1.807, 2.05) is 18.2 Å². The van der Waals surface area contributed by atoms with E-state index < -0.39 is 0 Å². The van der Waals surface area contributed by atoms with Crippen molar-refractivity contribution in [3.63, 3.8) is 0 Å². The number of benzene rings is 1. The lowest BCUT2D eigenvalue weighted by Gasteiger charge is -2.41. The maximum Gasteiger partial charge on any atom is 0.147 e. The molecule has 0 radical (unpaired) electrons. The zero-order valence-electron chi connectivity index (χ0n) is 19.5. The average Bonchev–Trinajstić information content (AvgIpc) is 3.08. The highest BCUT2D eigenvalue weighted by Gasteiger charge is 2.51. The molecule has 3 rings (SSSR count). The lowest BCUT2D eigenvalue weighted by molar-refractivity contribution is -0.145. The van der Waals surface area contributed by atoms with Crippen LogP contribution in [0.5, 0.6) is 0 Å². The first-order valence-electron chi connectivity index (χ1n) is 11.7. The molecule has 0 aliphatic heterocycles. The van der Waals surface area contributed by atoms with Crippen molar-refractivity contribution in [2.75, 3.05) is 6.79 Å². The Balaban J connectivity index is 1.49. The Labute approximate surface area is 183 Å². The monoisotopic (exact) mass is 412 g/mol. The van der Waals surface area contributed by atoms with Gasteiger partial charge in [-0.2, -0.15) is 0 Å². The van der Waals surface area contributed by atoms with Crippen LogP contribution in [0.1, 0.15) is 72.3 Å². The quantitative estimate of drug-likeness (QED) is 0.261. The minimum absolute atomic E-state index is 0.194. The van der Waals surface area contributed by atoms with Crippen LogP contribution in [0.25, 0.3) is 0 Å². The molecular formula is C27H40O3. The predicted molar refractivity (Wildman–Crippen MR) is 122 cm³/mol. The molecule has 166 valence electrons. The molecule has 3 nitrogen and oxygen atoms in total. The molecule has 1 aromatic carbocycles. The van der Waals surface area contributed by atoms with Crippen LogP contribution in [0.4, 0.5) is 0 Å². The van der Waals surface area contributed by atoms with Gasteiger partial charge in [-0.25, -0.2) is 0 Å². The molecule has 1 aromatic rings. The Bertz CT molecular complexity index is 723. The van der Waals surface area contributed by atoms with E-state index in [0.29, 0.717) is 36.9 Å². The standard InChI is InChI=1S/C27H40O3/c1-20(23-15-16-24-25(28)12-9-17-27(23,24)5)13-14-21(2)26(3,4)30-19-29-18-22-10-7-6-8-11-22/h6-8,10-11,13-14,20-21,23-24H,9,12,15-19H2,1-5H3/t20-,21+,23-,24+,27-/m1/s1. The number of hydrogen-bond donors (Lipinski definition) is 0. The number of carbonyl (C=O) groups excluding carboxylic acids is 1. The van der Waals surface area contributed by atoms with Gasteiger partial charge in [0.15, 0.2) is 0 Å². The lowest BCUT2D eigenvalue weighted by Crippen LogP contribution is -2.39. The largest absolute Gasteiger partial charge is 0.351 e. The van der Waals surface area contributed by atoms with Crippen LogP contribution >= 0.6 is 0 Å². The first-order chi connectivity index (χ1) is 14.2. The number of hydrogen-bond acceptors (Lipinski definition) is 3. The van der Waals surface area contributed by atoms with Gasteiger partial charge in [0.25, 0.3) is 0 Å². The maximum absolute atomic E-state index is 12.4. The average molecular weight is 413 g/mol. The summed E-state index contributed by atoms with van der Waals surface area (Å²) in [7, 11) is 0. The zero-order chi connectivity index (χ0) is 21.8. The van der Waals surface area contributed by atoms with Crippen LogP contribution < -0.4 is 0 Å². The molecule has 0 amide bonds. The predicted octanol–water partition coefficient (Wildman–Crippen LogP) is 6.57. The van der Waals surface area contributed by atoms with Crippen LogP contribution in [0.15, 0.2) is 42.5 Å². The van der Waals surface area contributed by atoms with E-state index in [9.17, 15) is 4.79 Å². The fourth-order valence-electron chi connectivity index (χ4n) is 5.60. The van der Waals surface area contributed by atoms with E-state index in [1.54, 1.807) is 0 Å². The number of Topliss-reactive ketones (excluding diaryl/α,β-unsaturated/α-hetero) is 1. The van der Waals surface area contributed by atoms with E-state index in [1.165, 1.54) is 12.8 Å². The maximum atomic E-state index is 12.4. The Morgan fingerprint density at radius 2 is 1.90 bits per heavy atom. The van der Waals surface area contributed by atoms with Crippen molar-refractivity contribution < 1.29 is 14.3 Å². The summed E-state index contributed by atoms with van der Waals surface area (Å²) in [5.41, 5.74) is 1.06. The summed E-state index contributed by atoms with van der Waals surface area (Å²) in [6.07, 6.45) is 10.0. The molecule has 2 aliphatic rings. The molecule has 0 saturated heterocycles. The summed E-state index contributed by atoms with van der Waals surface area (Å²) < 4.78 is 11.8. The van der Waals surface area contributed by atoms with Crippen LogP contribution in [0, 0.1) is 29.1 Å². The molecule has 0 aromatic heterocycles. The van der Waals surface area contributed by atoms with Crippen molar-refractivity contribution in [3.05, 3.63) is 48.0 Å². The highest BCUT2D eigenvalue weighted by atomic mass is 16.7. The number of fused-ring (bicyclic) bond motifs is 1. The van der Waals surface area contributed by atoms with E-state index >= 15 is 0 Å². The van der Waals surface area contributed by atoms with Gasteiger partial charge in [0, 0.05) is 18.3 Å². The molecule has 0 bridgehead atoms. The fourth-order valence-corrected chi connectivity index (χ4v) is 5.60. The molecule has 30 heavy (non-hydrogen) atoms. The number of ketones is 1. The summed E-state index contributed by atoms with van der Waals surface area (Å²) in [6, 6.07) is 10.2. The van der Waals surface area contributed by atoms with Gasteiger partial charge in [0.05, 0.1) is 12.2 Å². The summed E-state index contributed by atoms with van der Waals surface area (Å²) >= 11 is 0. The topological polar surface area (TPSA) is 35.5 Å². The van der Waals surface area contributed by atoms with Crippen molar-refractivity contribution in [2.45, 2.75) is 78.9 Å². The fraction of sp³-hybridized carbons (Fsp3) is 0.667. The van der Waals surface area contributed by atoms with E-state index in [4.69, 9.17) is 9.47 Å². The molecule has 2 saturated carbocycles. The van der Waals surface area contributed by atoms with Gasteiger partial charge >= 0.3 is 0 Å². The second-order valence-corrected chi connectivity index (χ2v) is 10.3. The number of carbonyl (C=O) groups is 1. The molecule has 2 fully saturated rings. The number of rotatable bonds is 9. The lowest BCUT2D eigenvalue weighted by atomic mass is 9.62. The minimum atomic E-state index is -0.296. The highest BCUT2D eigenvalue weighted by Crippen LogP contribution is 2.56. The Morgan fingerprint density at radius 3 is 2.63 bits per heavy atom. The minimum Gasteiger partial charge on any atom is -0.351 e. The van der Waals surface area contributed by atoms with E-state index in [2.05, 4.69) is 58.9 Å². The van der Waals surface area contributed by atoms with Gasteiger partial charge in [0.1, 0.15) is 12.6 Å². The molecular weight excluding hydrogens is 372 g/mol.